The predicted molar refractivity (Wildman–Crippen MR) is 96.1 cm³/mol. The summed E-state index contributed by atoms with van der Waals surface area (Å²) in [5.41, 5.74) is 0.948. The lowest BCUT2D eigenvalue weighted by atomic mass is 10.2. The molecule has 11 heteroatoms. The van der Waals surface area contributed by atoms with E-state index >= 15 is 0 Å². The van der Waals surface area contributed by atoms with E-state index in [-0.39, 0.29) is 11.3 Å². The van der Waals surface area contributed by atoms with Crippen molar-refractivity contribution in [1.82, 2.24) is 19.7 Å². The zero-order valence-corrected chi connectivity index (χ0v) is 15.1. The number of H-pyrrole nitrogens is 1. The molecule has 0 spiro atoms. The number of nitrogens with zero attached hydrogens (tertiary/aromatic N) is 2. The van der Waals surface area contributed by atoms with E-state index in [9.17, 15) is 23.1 Å². The second kappa shape index (κ2) is 6.68. The number of aromatic amines is 1. The number of aromatic carboxylic acids is 1. The summed E-state index contributed by atoms with van der Waals surface area (Å²) in [4.78, 5) is 33.5. The fourth-order valence-electron chi connectivity index (χ4n) is 2.63. The zero-order chi connectivity index (χ0) is 19.8. The summed E-state index contributed by atoms with van der Waals surface area (Å²) in [7, 11) is -4.49. The van der Waals surface area contributed by atoms with Crippen LogP contribution in [0.4, 0.5) is 10.7 Å². The van der Waals surface area contributed by atoms with E-state index in [4.69, 9.17) is 0 Å². The van der Waals surface area contributed by atoms with Crippen molar-refractivity contribution < 1.29 is 23.1 Å². The summed E-state index contributed by atoms with van der Waals surface area (Å²) in [6.07, 6.45) is 0. The van der Waals surface area contributed by atoms with Crippen molar-refractivity contribution in [2.24, 2.45) is 0 Å². The van der Waals surface area contributed by atoms with E-state index in [1.54, 1.807) is 36.8 Å². The van der Waals surface area contributed by atoms with Crippen molar-refractivity contribution in [1.29, 1.82) is 0 Å². The van der Waals surface area contributed by atoms with Crippen molar-refractivity contribution in [3.8, 4) is 0 Å². The molecule has 0 aliphatic carbocycles. The first-order valence-corrected chi connectivity index (χ1v) is 9.16. The van der Waals surface area contributed by atoms with Crippen LogP contribution in [0.15, 0.2) is 35.2 Å². The van der Waals surface area contributed by atoms with E-state index in [0.29, 0.717) is 16.9 Å². The van der Waals surface area contributed by atoms with Crippen molar-refractivity contribution in [3.05, 3.63) is 47.4 Å². The number of urea groups is 1. The van der Waals surface area contributed by atoms with Crippen LogP contribution in [0.3, 0.4) is 0 Å². The number of benzene rings is 1. The molecule has 1 aromatic carbocycles. The molecule has 0 fully saturated rings. The largest absolute Gasteiger partial charge is 0.477 e. The Morgan fingerprint density at radius 2 is 1.74 bits per heavy atom. The molecule has 0 radical (unpaired) electrons. The number of para-hydroxylation sites is 1. The molecule has 2 aromatic heterocycles. The van der Waals surface area contributed by atoms with E-state index in [2.05, 4.69) is 20.3 Å². The van der Waals surface area contributed by atoms with Gasteiger partial charge in [-0.3, -0.25) is 5.32 Å². The molecule has 140 valence electrons. The van der Waals surface area contributed by atoms with Gasteiger partial charge in [0.25, 0.3) is 10.0 Å². The average molecular weight is 389 g/mol. The smallest absolute Gasteiger partial charge is 0.353 e. The molecule has 2 amide bonds. The number of anilines is 1. The van der Waals surface area contributed by atoms with Crippen LogP contribution in [0.2, 0.25) is 0 Å². The number of carboxylic acids is 1. The Hall–Kier alpha value is -3.47. The minimum Gasteiger partial charge on any atom is -0.477 e. The fraction of sp³-hybridized carbons (Fsp3) is 0.125. The van der Waals surface area contributed by atoms with E-state index in [1.165, 1.54) is 12.1 Å². The molecule has 0 unspecified atom stereocenters. The van der Waals surface area contributed by atoms with Gasteiger partial charge < -0.3 is 10.1 Å². The van der Waals surface area contributed by atoms with Crippen LogP contribution in [-0.4, -0.2) is 40.5 Å². The maximum atomic E-state index is 12.7. The summed E-state index contributed by atoms with van der Waals surface area (Å²) in [5, 5.41) is 11.7. The Balaban J connectivity index is 1.95. The van der Waals surface area contributed by atoms with Gasteiger partial charge in [-0.15, -0.1) is 0 Å². The Labute approximate surface area is 153 Å². The first-order valence-electron chi connectivity index (χ1n) is 7.67. The highest BCUT2D eigenvalue weighted by molar-refractivity contribution is 7.90. The molecule has 2 heterocycles. The lowest BCUT2D eigenvalue weighted by molar-refractivity contribution is 0.0687. The number of amides is 2. The van der Waals surface area contributed by atoms with Gasteiger partial charge in [-0.1, -0.05) is 18.2 Å². The van der Waals surface area contributed by atoms with Crippen molar-refractivity contribution in [3.63, 3.8) is 0 Å². The number of sulfonamides is 1. The number of carbonyl (C=O) groups is 2. The molecule has 27 heavy (non-hydrogen) atoms. The number of carbonyl (C=O) groups excluding carboxylic acids is 1. The monoisotopic (exact) mass is 389 g/mol. The van der Waals surface area contributed by atoms with Gasteiger partial charge in [0.05, 0.1) is 0 Å². The third kappa shape index (κ3) is 3.72. The molecule has 3 aromatic rings. The predicted octanol–water partition coefficient (Wildman–Crippen LogP) is 1.78. The summed E-state index contributed by atoms with van der Waals surface area (Å²) >= 11 is 0. The number of rotatable bonds is 4. The fourth-order valence-corrected chi connectivity index (χ4v) is 3.90. The lowest BCUT2D eigenvalue weighted by Gasteiger charge is -2.09. The topological polar surface area (TPSA) is 154 Å². The lowest BCUT2D eigenvalue weighted by Crippen LogP contribution is -2.35. The summed E-state index contributed by atoms with van der Waals surface area (Å²) in [6.45, 7) is 3.39. The molecule has 0 bridgehead atoms. The van der Waals surface area contributed by atoms with Crippen LogP contribution in [0.5, 0.6) is 0 Å². The quantitative estimate of drug-likeness (QED) is 0.530. The maximum absolute atomic E-state index is 12.7. The van der Waals surface area contributed by atoms with Crippen LogP contribution in [0.25, 0.3) is 10.9 Å². The van der Waals surface area contributed by atoms with Crippen molar-refractivity contribution in [2.75, 3.05) is 5.32 Å². The van der Waals surface area contributed by atoms with Crippen LogP contribution in [0, 0.1) is 13.8 Å². The van der Waals surface area contributed by atoms with E-state index in [1.807, 2.05) is 0 Å². The third-order valence-corrected chi connectivity index (χ3v) is 4.99. The second-order valence-corrected chi connectivity index (χ2v) is 7.33. The first kappa shape index (κ1) is 18.3. The Morgan fingerprint density at radius 1 is 1.11 bits per heavy atom. The Bertz CT molecular complexity index is 1150. The molecule has 0 aliphatic rings. The summed E-state index contributed by atoms with van der Waals surface area (Å²) in [5.74, 6) is -1.54. The number of nitrogens with one attached hydrogen (secondary N) is 3. The number of carboxylic acid groups (broad SMARTS) is 1. The highest BCUT2D eigenvalue weighted by atomic mass is 32.2. The molecule has 0 aliphatic heterocycles. The van der Waals surface area contributed by atoms with Gasteiger partial charge in [0.15, 0.2) is 0 Å². The summed E-state index contributed by atoms with van der Waals surface area (Å²) in [6, 6.07) is 6.73. The molecule has 0 atom stereocenters. The van der Waals surface area contributed by atoms with E-state index in [0.717, 1.165) is 0 Å². The minimum atomic E-state index is -4.49. The molecule has 10 nitrogen and oxygen atoms in total. The van der Waals surface area contributed by atoms with Crippen LogP contribution in [-0.2, 0) is 10.0 Å². The van der Waals surface area contributed by atoms with Crippen molar-refractivity contribution in [2.45, 2.75) is 18.7 Å². The van der Waals surface area contributed by atoms with E-state index < -0.39 is 32.6 Å². The summed E-state index contributed by atoms with van der Waals surface area (Å²) < 4.78 is 27.1. The van der Waals surface area contributed by atoms with Gasteiger partial charge in [-0.2, -0.15) is 0 Å². The minimum absolute atomic E-state index is 0.0717. The Kier molecular flexibility index (Phi) is 4.54. The van der Waals surface area contributed by atoms with Crippen molar-refractivity contribution >= 4 is 38.9 Å². The molecular weight excluding hydrogens is 374 g/mol. The third-order valence-electron chi connectivity index (χ3n) is 3.58. The second-order valence-electron chi connectivity index (χ2n) is 5.71. The number of hydrogen-bond acceptors (Lipinski definition) is 6. The highest BCUT2D eigenvalue weighted by Crippen LogP contribution is 2.26. The SMILES string of the molecule is Cc1cc(C)nc(NC(=O)NS(=O)(=O)c2c(C(=O)O)[nH]c3ccccc23)n1. The molecule has 3 rings (SSSR count). The van der Waals surface area contributed by atoms with Gasteiger partial charge in [-0.05, 0) is 26.0 Å². The molecule has 0 saturated carbocycles. The van der Waals surface area contributed by atoms with Gasteiger partial charge in [0.1, 0.15) is 10.6 Å². The van der Waals surface area contributed by atoms with Crippen LogP contribution in [0.1, 0.15) is 21.9 Å². The number of aromatic nitrogens is 3. The number of hydrogen-bond donors (Lipinski definition) is 4. The van der Waals surface area contributed by atoms with Crippen LogP contribution >= 0.6 is 0 Å². The first-order chi connectivity index (χ1) is 12.7. The van der Waals surface area contributed by atoms with Gasteiger partial charge in [0.2, 0.25) is 5.95 Å². The van der Waals surface area contributed by atoms with Gasteiger partial charge in [-0.25, -0.2) is 32.7 Å². The molecule has 0 saturated heterocycles. The number of fused-ring (bicyclic) bond motifs is 1. The normalized spacial score (nSPS) is 11.3. The van der Waals surface area contributed by atoms with Gasteiger partial charge >= 0.3 is 12.0 Å². The average Bonchev–Trinajstić information content (AvgIpc) is 2.93. The zero-order valence-electron chi connectivity index (χ0n) is 14.3. The molecule has 4 N–H and O–H groups in total. The molecular formula is C16H15N5O5S. The number of aryl methyl sites for hydroxylation is 2. The Morgan fingerprint density at radius 3 is 2.37 bits per heavy atom. The highest BCUT2D eigenvalue weighted by Gasteiger charge is 2.29. The van der Waals surface area contributed by atoms with Gasteiger partial charge in [0, 0.05) is 22.3 Å². The maximum Gasteiger partial charge on any atom is 0.353 e. The standard InChI is InChI=1S/C16H15N5O5S/c1-8-7-9(2)18-15(17-8)20-16(24)21-27(25,26)13-10-5-3-4-6-11(10)19-12(13)14(22)23/h3-7,19H,1-2H3,(H,22,23)(H2,17,18,20,21,24). The van der Waals surface area contributed by atoms with Crippen LogP contribution < -0.4 is 10.0 Å².